The topological polar surface area (TPSA) is 326 Å². The van der Waals surface area contributed by atoms with Gasteiger partial charge in [-0.3, -0.25) is 25.3 Å². The molecule has 0 bridgehead atoms. The molecule has 0 spiro atoms. The summed E-state index contributed by atoms with van der Waals surface area (Å²) >= 11 is 0. The molecule has 0 N–H and O–H groups in total. The molecule has 0 aromatic rings. The van der Waals surface area contributed by atoms with E-state index in [1.165, 1.54) is 0 Å². The van der Waals surface area contributed by atoms with Gasteiger partial charge in [-0.2, -0.15) is 0 Å². The molecule has 0 unspecified atom stereocenters. The van der Waals surface area contributed by atoms with Crippen LogP contribution in [-0.2, 0) is 81.8 Å². The third kappa shape index (κ3) is 1620. The molecular formula is Fe2Mg3O15S3. The van der Waals surface area contributed by atoms with Crippen LogP contribution in [0.4, 0.5) is 0 Å². The molecule has 0 amide bonds. The van der Waals surface area contributed by atoms with Crippen molar-refractivity contribution in [2.45, 2.75) is 0 Å². The maximum Gasteiger partial charge on any atom is 3.00 e. The van der Waals surface area contributed by atoms with Gasteiger partial charge in [0.25, 0.3) is 0 Å². The van der Waals surface area contributed by atoms with E-state index in [1.807, 2.05) is 0 Å². The van der Waals surface area contributed by atoms with Gasteiger partial charge in [-0.15, -0.1) is 0 Å². The molecular weight excluding hydrogens is 521 g/mol. The molecule has 0 atom stereocenters. The molecule has 0 aliphatic rings. The third-order valence-corrected chi connectivity index (χ3v) is 0. The van der Waals surface area contributed by atoms with Gasteiger partial charge in [0.05, 0.1) is 0 Å². The summed E-state index contributed by atoms with van der Waals surface area (Å²) in [5.74, 6) is 0. The Balaban J connectivity index is -0.00000000889. The van der Waals surface area contributed by atoms with Gasteiger partial charge in [0.15, 0.2) is 0 Å². The first kappa shape index (κ1) is 72.4. The summed E-state index contributed by atoms with van der Waals surface area (Å²) in [5, 5.41) is 0. The monoisotopic (exact) mass is 520 g/mol. The van der Waals surface area contributed by atoms with Gasteiger partial charge < -0.3 is 43.7 Å². The van der Waals surface area contributed by atoms with E-state index in [-0.39, 0.29) is 120 Å². The fourth-order valence-corrected chi connectivity index (χ4v) is 0. The van der Waals surface area contributed by atoms with Crippen LogP contribution in [0.2, 0.25) is 0 Å². The first-order chi connectivity index (χ1) is 6.00. The predicted octanol–water partition coefficient (Wildman–Crippen LogP) is -5.52. The molecule has 23 heavy (non-hydrogen) atoms. The zero-order valence-electron chi connectivity index (χ0n) is 10.2. The largest absolute Gasteiger partial charge is 3.00 e. The number of hydrogen-bond acceptors (Lipinski definition) is 12. The van der Waals surface area contributed by atoms with Crippen LogP contribution >= 0.6 is 0 Å². The Morgan fingerprint density at radius 1 is 0.391 bits per heavy atom. The van der Waals surface area contributed by atoms with E-state index in [4.69, 9.17) is 52.6 Å². The molecule has 130 valence electrons. The summed E-state index contributed by atoms with van der Waals surface area (Å²) < 4.78 is 102. The van der Waals surface area contributed by atoms with E-state index < -0.39 is 31.2 Å². The van der Waals surface area contributed by atoms with Crippen molar-refractivity contribution in [3.05, 3.63) is 0 Å². The van der Waals surface area contributed by atoms with Gasteiger partial charge >= 0.3 is 103 Å². The van der Waals surface area contributed by atoms with Crippen molar-refractivity contribution in [2.24, 2.45) is 0 Å². The average Bonchev–Trinajstić information content (AvgIpc) is 1.41. The second-order valence-electron chi connectivity index (χ2n) is 1.22. The van der Waals surface area contributed by atoms with E-state index in [0.29, 0.717) is 0 Å². The standard InChI is InChI=1S/2Fe.3Mg.3H2O4S.3O/c;;;;;3*1-5(2,3)4;;;/h;;;;;3*(H2,1,2,3,4);;;/q2*+3;3*+2;;;;3*-2/p-6. The molecule has 0 aliphatic carbocycles. The minimum absolute atomic E-state index is 0. The van der Waals surface area contributed by atoms with Crippen molar-refractivity contribution < 1.29 is 103 Å². The Hall–Kier alpha value is 2.83. The van der Waals surface area contributed by atoms with Crippen LogP contribution in [0.5, 0.6) is 0 Å². The molecule has 0 saturated heterocycles. The van der Waals surface area contributed by atoms with E-state index in [1.54, 1.807) is 0 Å². The Labute approximate surface area is 201 Å². The zero-order valence-corrected chi connectivity index (χ0v) is 19.1. The van der Waals surface area contributed by atoms with Crippen LogP contribution < -0.4 is 0 Å². The van der Waals surface area contributed by atoms with Gasteiger partial charge in [-0.25, -0.2) is 0 Å². The average molecular weight is 521 g/mol. The molecule has 2 radical (unpaired) electrons. The molecule has 0 heterocycles. The Kier molecular flexibility index (Phi) is 102. The molecule has 23 heteroatoms. The first-order valence-corrected chi connectivity index (χ1v) is 6.00. The molecule has 15 nitrogen and oxygen atoms in total. The SMILES string of the molecule is O=S(=O)([O-])[O-].O=S(=O)([O-])[O-].O=S(=O)([O-])[O-].[Fe+3].[Fe+3].[Mg+2].[Mg+2].[Mg+2].[O-2].[O-2].[O-2]. The van der Waals surface area contributed by atoms with Gasteiger partial charge in [-0.1, -0.05) is 0 Å². The summed E-state index contributed by atoms with van der Waals surface area (Å²) in [6, 6.07) is 0. The second kappa shape index (κ2) is 32.5. The number of hydrogen-bond donors (Lipinski definition) is 0. The van der Waals surface area contributed by atoms with Crippen molar-refractivity contribution in [1.82, 2.24) is 0 Å². The van der Waals surface area contributed by atoms with Crippen molar-refractivity contribution in [3.63, 3.8) is 0 Å². The summed E-state index contributed by atoms with van der Waals surface area (Å²) in [6.45, 7) is 0. The minimum atomic E-state index is -5.17. The van der Waals surface area contributed by atoms with E-state index >= 15 is 0 Å². The van der Waals surface area contributed by atoms with E-state index in [0.717, 1.165) is 0 Å². The van der Waals surface area contributed by atoms with E-state index in [2.05, 4.69) is 0 Å². The zero-order chi connectivity index (χ0) is 13.5. The second-order valence-corrected chi connectivity index (χ2v) is 3.67. The molecule has 0 rings (SSSR count). The van der Waals surface area contributed by atoms with Crippen molar-refractivity contribution in [2.75, 3.05) is 0 Å². The van der Waals surface area contributed by atoms with Crippen LogP contribution in [0, 0.1) is 0 Å². The van der Waals surface area contributed by atoms with Crippen LogP contribution in [0.15, 0.2) is 0 Å². The number of rotatable bonds is 0. The van der Waals surface area contributed by atoms with Crippen molar-refractivity contribution >= 4 is 100 Å². The fourth-order valence-electron chi connectivity index (χ4n) is 0. The quantitative estimate of drug-likeness (QED) is 0.164. The normalized spacial score (nSPS) is 7.57. The third-order valence-electron chi connectivity index (χ3n) is 0. The van der Waals surface area contributed by atoms with Crippen LogP contribution in [0.3, 0.4) is 0 Å². The van der Waals surface area contributed by atoms with Crippen LogP contribution in [0.25, 0.3) is 0 Å². The van der Waals surface area contributed by atoms with Gasteiger partial charge in [0.1, 0.15) is 0 Å². The van der Waals surface area contributed by atoms with Gasteiger partial charge in [-0.05, 0) is 0 Å². The molecule has 0 aromatic heterocycles. The molecule has 0 aliphatic heterocycles. The maximum absolute atomic E-state index is 8.52. The summed E-state index contributed by atoms with van der Waals surface area (Å²) in [6.07, 6.45) is 0. The maximum atomic E-state index is 8.52. The Morgan fingerprint density at radius 2 is 0.391 bits per heavy atom. The van der Waals surface area contributed by atoms with Crippen LogP contribution in [-0.4, -0.2) is 122 Å². The molecule has 0 saturated carbocycles. The van der Waals surface area contributed by atoms with E-state index in [9.17, 15) is 0 Å². The van der Waals surface area contributed by atoms with Crippen molar-refractivity contribution in [1.29, 1.82) is 0 Å². The van der Waals surface area contributed by atoms with Gasteiger partial charge in [0, 0.05) is 31.2 Å². The predicted molar refractivity (Wildman–Crippen MR) is 50.7 cm³/mol. The Morgan fingerprint density at radius 3 is 0.391 bits per heavy atom. The molecule has 0 fully saturated rings. The molecule has 0 aromatic carbocycles. The van der Waals surface area contributed by atoms with Crippen LogP contribution in [0.1, 0.15) is 0 Å². The summed E-state index contributed by atoms with van der Waals surface area (Å²) in [5.41, 5.74) is 0. The smallest absolute Gasteiger partial charge is 2.00 e. The minimum Gasteiger partial charge on any atom is -2.00 e. The Bertz CT molecular complexity index is 355. The summed E-state index contributed by atoms with van der Waals surface area (Å²) in [7, 11) is -15.5. The first-order valence-electron chi connectivity index (χ1n) is 2.00. The summed E-state index contributed by atoms with van der Waals surface area (Å²) in [4.78, 5) is 0. The van der Waals surface area contributed by atoms with Gasteiger partial charge in [0.2, 0.25) is 0 Å². The fraction of sp³-hybridized carbons (Fsp3) is 0. The van der Waals surface area contributed by atoms with Crippen molar-refractivity contribution in [3.8, 4) is 0 Å².